The van der Waals surface area contributed by atoms with Crippen molar-refractivity contribution in [3.8, 4) is 28.5 Å². The Morgan fingerprint density at radius 2 is 1.67 bits per heavy atom. The van der Waals surface area contributed by atoms with Gasteiger partial charge in [0.1, 0.15) is 23.3 Å². The van der Waals surface area contributed by atoms with E-state index in [1.54, 1.807) is 37.7 Å². The molecule has 5 rings (SSSR count). The summed E-state index contributed by atoms with van der Waals surface area (Å²) in [6.45, 7) is 6.75. The van der Waals surface area contributed by atoms with Crippen LogP contribution in [-0.2, 0) is 4.74 Å². The van der Waals surface area contributed by atoms with Gasteiger partial charge in [0.25, 0.3) is 0 Å². The lowest BCUT2D eigenvalue weighted by Gasteiger charge is -2.33. The largest absolute Gasteiger partial charge is 0.493 e. The van der Waals surface area contributed by atoms with E-state index in [-0.39, 0.29) is 12.2 Å². The number of aromatic nitrogens is 3. The number of likely N-dealkylation sites (tertiary alicyclic amines) is 1. The number of hydrogen-bond acceptors (Lipinski definition) is 9. The quantitative estimate of drug-likeness (QED) is 0.345. The van der Waals surface area contributed by atoms with Crippen LogP contribution in [0.15, 0.2) is 42.9 Å². The Labute approximate surface area is 227 Å². The molecule has 1 aliphatic rings. The fourth-order valence-electron chi connectivity index (χ4n) is 4.70. The Balaban J connectivity index is 1.39. The summed E-state index contributed by atoms with van der Waals surface area (Å²) in [4.78, 5) is 27.7. The molecule has 10 heteroatoms. The monoisotopic (exact) mass is 531 g/mol. The fourth-order valence-corrected chi connectivity index (χ4v) is 4.70. The molecule has 204 valence electrons. The Kier molecular flexibility index (Phi) is 7.03. The topological polar surface area (TPSA) is 122 Å². The van der Waals surface area contributed by atoms with Crippen molar-refractivity contribution in [2.75, 3.05) is 33.0 Å². The second-order valence-electron chi connectivity index (χ2n) is 10.5. The summed E-state index contributed by atoms with van der Waals surface area (Å²) in [5, 5.41) is 2.51. The van der Waals surface area contributed by atoms with E-state index in [0.29, 0.717) is 54.7 Å². The summed E-state index contributed by atoms with van der Waals surface area (Å²) >= 11 is 0. The van der Waals surface area contributed by atoms with Gasteiger partial charge >= 0.3 is 6.09 Å². The third-order valence-corrected chi connectivity index (χ3v) is 6.62. The molecule has 3 aromatic heterocycles. The first-order chi connectivity index (χ1) is 18.6. The molecule has 0 unspecified atom stereocenters. The van der Waals surface area contributed by atoms with Gasteiger partial charge in [-0.3, -0.25) is 9.97 Å². The van der Waals surface area contributed by atoms with E-state index in [9.17, 15) is 4.79 Å². The number of benzene rings is 1. The second kappa shape index (κ2) is 10.4. The van der Waals surface area contributed by atoms with Gasteiger partial charge in [-0.1, -0.05) is 0 Å². The molecule has 0 atom stereocenters. The van der Waals surface area contributed by atoms with Crippen LogP contribution in [0.5, 0.6) is 17.2 Å². The van der Waals surface area contributed by atoms with Crippen molar-refractivity contribution < 1.29 is 23.7 Å². The zero-order valence-electron chi connectivity index (χ0n) is 22.9. The van der Waals surface area contributed by atoms with E-state index >= 15 is 0 Å². The predicted octanol–water partition coefficient (Wildman–Crippen LogP) is 5.22. The summed E-state index contributed by atoms with van der Waals surface area (Å²) in [5.74, 6) is 2.21. The Bertz CT molecular complexity index is 1530. The standard InChI is InChI=1S/C29H33N5O5/c1-29(2,3)39-28(35)34-8-6-18(7-9-34)38-19-10-17(14-31-15-19)23-11-20-21-12-25(36-4)26(37-5)13-24(21)32-16-22(20)27(30)33-23/h10-16,18H,6-9H2,1-5H3,(H2,30,33). The van der Waals surface area contributed by atoms with Crippen molar-refractivity contribution >= 4 is 33.6 Å². The molecule has 1 aromatic carbocycles. The maximum atomic E-state index is 12.4. The molecular weight excluding hydrogens is 498 g/mol. The van der Waals surface area contributed by atoms with Gasteiger partial charge in [0.2, 0.25) is 0 Å². The van der Waals surface area contributed by atoms with Crippen molar-refractivity contribution in [1.82, 2.24) is 19.9 Å². The Morgan fingerprint density at radius 1 is 0.949 bits per heavy atom. The number of amides is 1. The zero-order valence-corrected chi connectivity index (χ0v) is 22.9. The van der Waals surface area contributed by atoms with Crippen LogP contribution >= 0.6 is 0 Å². The number of ether oxygens (including phenoxy) is 4. The molecule has 1 amide bonds. The number of hydrogen-bond donors (Lipinski definition) is 1. The van der Waals surface area contributed by atoms with Crippen LogP contribution in [0.3, 0.4) is 0 Å². The number of carbonyl (C=O) groups excluding carboxylic acids is 1. The predicted molar refractivity (Wildman–Crippen MR) is 149 cm³/mol. The first-order valence-corrected chi connectivity index (χ1v) is 12.9. The molecule has 0 radical (unpaired) electrons. The van der Waals surface area contributed by atoms with Gasteiger partial charge in [-0.15, -0.1) is 0 Å². The van der Waals surface area contributed by atoms with Crippen LogP contribution in [0, 0.1) is 0 Å². The highest BCUT2D eigenvalue weighted by Gasteiger charge is 2.27. The molecule has 1 saturated heterocycles. The second-order valence-corrected chi connectivity index (χ2v) is 10.5. The van der Waals surface area contributed by atoms with Gasteiger partial charge in [0.15, 0.2) is 11.5 Å². The number of pyridine rings is 3. The van der Waals surface area contributed by atoms with Gasteiger partial charge < -0.3 is 29.6 Å². The number of nitrogens with two attached hydrogens (primary N) is 1. The molecule has 1 fully saturated rings. The van der Waals surface area contributed by atoms with Crippen molar-refractivity contribution in [3.05, 3.63) is 42.9 Å². The summed E-state index contributed by atoms with van der Waals surface area (Å²) in [6.07, 6.45) is 6.22. The normalized spacial score (nSPS) is 14.4. The van der Waals surface area contributed by atoms with E-state index < -0.39 is 5.60 Å². The van der Waals surface area contributed by atoms with Crippen molar-refractivity contribution in [3.63, 3.8) is 0 Å². The smallest absolute Gasteiger partial charge is 0.410 e. The molecule has 1 aliphatic heterocycles. The molecule has 4 aromatic rings. The molecular formula is C29H33N5O5. The maximum Gasteiger partial charge on any atom is 0.410 e. The number of methoxy groups -OCH3 is 2. The lowest BCUT2D eigenvalue weighted by Crippen LogP contribution is -2.44. The molecule has 0 spiro atoms. The maximum absolute atomic E-state index is 12.4. The summed E-state index contributed by atoms with van der Waals surface area (Å²) in [5.41, 5.74) is 8.06. The number of nitrogens with zero attached hydrogens (tertiary/aromatic N) is 4. The van der Waals surface area contributed by atoms with Crippen LogP contribution in [0.1, 0.15) is 33.6 Å². The highest BCUT2D eigenvalue weighted by molar-refractivity contribution is 6.10. The van der Waals surface area contributed by atoms with Gasteiger partial charge in [-0.05, 0) is 44.4 Å². The summed E-state index contributed by atoms with van der Waals surface area (Å²) in [6, 6.07) is 7.62. The lowest BCUT2D eigenvalue weighted by atomic mass is 10.0. The van der Waals surface area contributed by atoms with Crippen molar-refractivity contribution in [1.29, 1.82) is 0 Å². The summed E-state index contributed by atoms with van der Waals surface area (Å²) in [7, 11) is 3.19. The number of nitrogen functional groups attached to an aromatic ring is 1. The number of fused-ring (bicyclic) bond motifs is 3. The minimum Gasteiger partial charge on any atom is -0.493 e. The van der Waals surface area contributed by atoms with E-state index in [1.165, 1.54) is 0 Å². The van der Waals surface area contributed by atoms with E-state index in [2.05, 4.69) is 15.0 Å². The molecule has 0 aliphatic carbocycles. The number of piperidine rings is 1. The average Bonchev–Trinajstić information content (AvgIpc) is 2.91. The third-order valence-electron chi connectivity index (χ3n) is 6.62. The first kappa shape index (κ1) is 26.3. The van der Waals surface area contributed by atoms with Gasteiger partial charge in [-0.2, -0.15) is 0 Å². The number of rotatable bonds is 5. The van der Waals surface area contributed by atoms with Crippen molar-refractivity contribution in [2.24, 2.45) is 0 Å². The molecule has 10 nitrogen and oxygen atoms in total. The summed E-state index contributed by atoms with van der Waals surface area (Å²) < 4.78 is 22.7. The van der Waals surface area contributed by atoms with Crippen LogP contribution in [0.2, 0.25) is 0 Å². The fraction of sp³-hybridized carbons (Fsp3) is 0.379. The zero-order chi connectivity index (χ0) is 27.7. The Morgan fingerprint density at radius 3 is 2.36 bits per heavy atom. The van der Waals surface area contributed by atoms with Crippen LogP contribution in [-0.4, -0.2) is 65.0 Å². The first-order valence-electron chi connectivity index (χ1n) is 12.9. The SMILES string of the molecule is COc1cc2ncc3c(N)nc(-c4cncc(OC5CCN(C(=O)OC(C)(C)C)CC5)c4)cc3c2cc1OC. The molecule has 39 heavy (non-hydrogen) atoms. The van der Waals surface area contributed by atoms with E-state index in [1.807, 2.05) is 45.0 Å². The number of anilines is 1. The van der Waals surface area contributed by atoms with E-state index in [0.717, 1.165) is 27.2 Å². The molecule has 0 bridgehead atoms. The van der Waals surface area contributed by atoms with Crippen LogP contribution < -0.4 is 19.9 Å². The van der Waals surface area contributed by atoms with Crippen molar-refractivity contribution in [2.45, 2.75) is 45.3 Å². The lowest BCUT2D eigenvalue weighted by molar-refractivity contribution is 0.0126. The minimum atomic E-state index is -0.515. The minimum absolute atomic E-state index is 0.0344. The highest BCUT2D eigenvalue weighted by Crippen LogP contribution is 2.37. The van der Waals surface area contributed by atoms with Gasteiger partial charge in [0, 0.05) is 60.7 Å². The molecule has 2 N–H and O–H groups in total. The molecule has 4 heterocycles. The highest BCUT2D eigenvalue weighted by atomic mass is 16.6. The Hall–Kier alpha value is -4.34. The average molecular weight is 532 g/mol. The van der Waals surface area contributed by atoms with E-state index in [4.69, 9.17) is 24.7 Å². The van der Waals surface area contributed by atoms with Crippen LogP contribution in [0.4, 0.5) is 10.6 Å². The number of carbonyl (C=O) groups is 1. The van der Waals surface area contributed by atoms with Crippen LogP contribution in [0.25, 0.3) is 32.9 Å². The van der Waals surface area contributed by atoms with Gasteiger partial charge in [0.05, 0.1) is 31.6 Å². The third kappa shape index (κ3) is 5.59. The van der Waals surface area contributed by atoms with Gasteiger partial charge in [-0.25, -0.2) is 9.78 Å². The molecule has 0 saturated carbocycles.